The highest BCUT2D eigenvalue weighted by Crippen LogP contribution is 2.30. The normalized spacial score (nSPS) is 24.8. The zero-order chi connectivity index (χ0) is 21.9. The van der Waals surface area contributed by atoms with Gasteiger partial charge in [-0.3, -0.25) is 4.79 Å². The van der Waals surface area contributed by atoms with Gasteiger partial charge in [0, 0.05) is 18.7 Å². The third-order valence-electron chi connectivity index (χ3n) is 5.76. The van der Waals surface area contributed by atoms with Gasteiger partial charge in [-0.05, 0) is 44.9 Å². The number of rotatable bonds is 5. The summed E-state index contributed by atoms with van der Waals surface area (Å²) < 4.78 is 38.2. The van der Waals surface area contributed by atoms with Crippen LogP contribution in [0.4, 0.5) is 0 Å². The molecule has 3 rings (SSSR count). The van der Waals surface area contributed by atoms with Crippen LogP contribution in [0.5, 0.6) is 0 Å². The van der Waals surface area contributed by atoms with Crippen LogP contribution >= 0.6 is 0 Å². The number of esters is 1. The number of hydrogen-bond acceptors (Lipinski definition) is 6. The van der Waals surface area contributed by atoms with Gasteiger partial charge >= 0.3 is 5.97 Å². The summed E-state index contributed by atoms with van der Waals surface area (Å²) in [4.78, 5) is 25.4. The summed E-state index contributed by atoms with van der Waals surface area (Å²) >= 11 is 0. The molecule has 2 fully saturated rings. The summed E-state index contributed by atoms with van der Waals surface area (Å²) in [5.74, 6) is -0.946. The largest absolute Gasteiger partial charge is 0.467 e. The van der Waals surface area contributed by atoms with E-state index in [1.807, 2.05) is 13.8 Å². The Balaban J connectivity index is 1.84. The number of amides is 1. The molecule has 9 heteroatoms. The maximum atomic E-state index is 13.1. The Bertz CT molecular complexity index is 885. The topological polar surface area (TPSA) is 102 Å². The zero-order valence-electron chi connectivity index (χ0n) is 17.7. The zero-order valence-corrected chi connectivity index (χ0v) is 18.5. The molecule has 1 aromatic rings. The first-order valence-corrected chi connectivity index (χ1v) is 11.8. The van der Waals surface area contributed by atoms with E-state index in [4.69, 9.17) is 9.47 Å². The van der Waals surface area contributed by atoms with Crippen molar-refractivity contribution in [2.45, 2.75) is 68.6 Å². The fourth-order valence-corrected chi connectivity index (χ4v) is 5.93. The molecule has 1 heterocycles. The summed E-state index contributed by atoms with van der Waals surface area (Å²) in [7, 11) is -2.46. The van der Waals surface area contributed by atoms with Crippen molar-refractivity contribution in [3.8, 4) is 0 Å². The molecule has 1 N–H and O–H groups in total. The highest BCUT2D eigenvalue weighted by Gasteiger charge is 2.42. The second-order valence-corrected chi connectivity index (χ2v) is 10.1. The van der Waals surface area contributed by atoms with E-state index in [1.165, 1.54) is 23.5 Å². The van der Waals surface area contributed by atoms with Gasteiger partial charge in [-0.15, -0.1) is 0 Å². The highest BCUT2D eigenvalue weighted by atomic mass is 32.2. The second kappa shape index (κ2) is 9.03. The van der Waals surface area contributed by atoms with E-state index >= 15 is 0 Å². The van der Waals surface area contributed by atoms with Crippen LogP contribution in [0.25, 0.3) is 0 Å². The van der Waals surface area contributed by atoms with Gasteiger partial charge in [-0.1, -0.05) is 25.3 Å². The van der Waals surface area contributed by atoms with E-state index < -0.39 is 27.4 Å². The van der Waals surface area contributed by atoms with Crippen LogP contribution < -0.4 is 5.32 Å². The molecule has 1 amide bonds. The fourth-order valence-electron chi connectivity index (χ4n) is 4.29. The predicted molar refractivity (Wildman–Crippen MR) is 111 cm³/mol. The van der Waals surface area contributed by atoms with Crippen molar-refractivity contribution >= 4 is 21.9 Å². The number of sulfonamides is 1. The molecule has 1 saturated carbocycles. The van der Waals surface area contributed by atoms with Crippen molar-refractivity contribution in [3.05, 3.63) is 29.8 Å². The first kappa shape index (κ1) is 22.7. The first-order valence-electron chi connectivity index (χ1n) is 10.3. The smallest absolute Gasteiger partial charge is 0.331 e. The van der Waals surface area contributed by atoms with Crippen LogP contribution in [-0.2, 0) is 24.3 Å². The molecule has 2 aliphatic rings. The third-order valence-corrected chi connectivity index (χ3v) is 7.58. The van der Waals surface area contributed by atoms with Gasteiger partial charge in [-0.25, -0.2) is 13.2 Å². The molecule has 2 unspecified atom stereocenters. The first-order chi connectivity index (χ1) is 14.2. The summed E-state index contributed by atoms with van der Waals surface area (Å²) in [6.45, 7) is 4.18. The van der Waals surface area contributed by atoms with Gasteiger partial charge in [0.15, 0.2) is 0 Å². The Labute approximate surface area is 178 Å². The summed E-state index contributed by atoms with van der Waals surface area (Å²) in [5, 5.41) is 2.83. The minimum Gasteiger partial charge on any atom is -0.467 e. The van der Waals surface area contributed by atoms with E-state index in [-0.39, 0.29) is 35.8 Å². The SMILES string of the molecule is COC(=O)C1(NC(=O)c2cccc(S(=O)(=O)N3CC(C)OC(C)C3)c2)CCCCC1. The van der Waals surface area contributed by atoms with Crippen LogP contribution in [0.2, 0.25) is 0 Å². The monoisotopic (exact) mass is 438 g/mol. The Morgan fingerprint density at radius 1 is 1.13 bits per heavy atom. The van der Waals surface area contributed by atoms with E-state index in [0.717, 1.165) is 19.3 Å². The van der Waals surface area contributed by atoms with Gasteiger partial charge in [-0.2, -0.15) is 4.31 Å². The number of nitrogens with one attached hydrogen (secondary N) is 1. The minimum absolute atomic E-state index is 0.0483. The van der Waals surface area contributed by atoms with Crippen molar-refractivity contribution in [2.75, 3.05) is 20.2 Å². The van der Waals surface area contributed by atoms with Crippen molar-refractivity contribution in [2.24, 2.45) is 0 Å². The molecule has 0 spiro atoms. The molecule has 0 aromatic heterocycles. The maximum absolute atomic E-state index is 13.1. The molecule has 30 heavy (non-hydrogen) atoms. The van der Waals surface area contributed by atoms with Crippen LogP contribution in [0.1, 0.15) is 56.3 Å². The predicted octanol–water partition coefficient (Wildman–Crippen LogP) is 2.09. The number of morpholine rings is 1. The Hall–Kier alpha value is -1.97. The van der Waals surface area contributed by atoms with Crippen molar-refractivity contribution in [1.29, 1.82) is 0 Å². The van der Waals surface area contributed by atoms with Crippen molar-refractivity contribution < 1.29 is 27.5 Å². The molecule has 1 aliphatic carbocycles. The molecule has 0 bridgehead atoms. The van der Waals surface area contributed by atoms with E-state index in [9.17, 15) is 18.0 Å². The van der Waals surface area contributed by atoms with Crippen LogP contribution in [-0.4, -0.2) is 62.5 Å². The van der Waals surface area contributed by atoms with Gasteiger partial charge in [0.1, 0.15) is 5.54 Å². The van der Waals surface area contributed by atoms with E-state index in [1.54, 1.807) is 12.1 Å². The van der Waals surface area contributed by atoms with Crippen molar-refractivity contribution in [3.63, 3.8) is 0 Å². The number of carbonyl (C=O) groups excluding carboxylic acids is 2. The summed E-state index contributed by atoms with van der Waals surface area (Å²) in [6.07, 6.45) is 3.23. The lowest BCUT2D eigenvalue weighted by Gasteiger charge is -2.35. The van der Waals surface area contributed by atoms with Crippen LogP contribution in [0.15, 0.2) is 29.2 Å². The average Bonchev–Trinajstić information content (AvgIpc) is 2.73. The standard InChI is InChI=1S/C21H30N2O6S/c1-15-13-23(14-16(2)29-15)30(26,27)18-9-7-8-17(12-18)19(24)22-21(20(25)28-3)10-5-4-6-11-21/h7-9,12,15-16H,4-6,10-11,13-14H2,1-3H3,(H,22,24). The fraction of sp³-hybridized carbons (Fsp3) is 0.619. The molecule has 8 nitrogen and oxygen atoms in total. The molecule has 166 valence electrons. The number of methoxy groups -OCH3 is 1. The van der Waals surface area contributed by atoms with E-state index in [0.29, 0.717) is 12.8 Å². The van der Waals surface area contributed by atoms with Gasteiger partial charge < -0.3 is 14.8 Å². The number of carbonyl (C=O) groups is 2. The minimum atomic E-state index is -3.77. The molecule has 0 radical (unpaired) electrons. The lowest BCUT2D eigenvalue weighted by molar-refractivity contribution is -0.149. The van der Waals surface area contributed by atoms with E-state index in [2.05, 4.69) is 5.32 Å². The van der Waals surface area contributed by atoms with Gasteiger partial charge in [0.25, 0.3) is 5.91 Å². The van der Waals surface area contributed by atoms with Crippen LogP contribution in [0, 0.1) is 0 Å². The average molecular weight is 439 g/mol. The number of hydrogen-bond donors (Lipinski definition) is 1. The quantitative estimate of drug-likeness (QED) is 0.707. The van der Waals surface area contributed by atoms with Gasteiger partial charge in [0.05, 0.1) is 24.2 Å². The Morgan fingerprint density at radius 3 is 2.37 bits per heavy atom. The molecule has 1 aromatic carbocycles. The Kier molecular flexibility index (Phi) is 6.84. The number of nitrogens with zero attached hydrogens (tertiary/aromatic N) is 1. The van der Waals surface area contributed by atoms with Gasteiger partial charge in [0.2, 0.25) is 10.0 Å². The third kappa shape index (κ3) is 4.68. The van der Waals surface area contributed by atoms with Crippen molar-refractivity contribution in [1.82, 2.24) is 9.62 Å². The Morgan fingerprint density at radius 2 is 1.77 bits per heavy atom. The summed E-state index contributed by atoms with van der Waals surface area (Å²) in [5.41, 5.74) is -0.868. The molecule has 2 atom stereocenters. The lowest BCUT2D eigenvalue weighted by atomic mass is 9.81. The number of ether oxygens (including phenoxy) is 2. The lowest BCUT2D eigenvalue weighted by Crippen LogP contribution is -2.56. The molecular weight excluding hydrogens is 408 g/mol. The molecule has 1 aliphatic heterocycles. The number of benzene rings is 1. The second-order valence-electron chi connectivity index (χ2n) is 8.20. The molecule has 1 saturated heterocycles. The maximum Gasteiger partial charge on any atom is 0.331 e. The highest BCUT2D eigenvalue weighted by molar-refractivity contribution is 7.89. The molecular formula is C21H30N2O6S. The summed E-state index contributed by atoms with van der Waals surface area (Å²) in [6, 6.07) is 5.93. The van der Waals surface area contributed by atoms with Crippen LogP contribution in [0.3, 0.4) is 0 Å².